The number of benzene rings is 2. The van der Waals surface area contributed by atoms with E-state index in [9.17, 15) is 0 Å². The Hall–Kier alpha value is -2.17. The van der Waals surface area contributed by atoms with Gasteiger partial charge in [-0.15, -0.1) is 10.2 Å². The van der Waals surface area contributed by atoms with Crippen molar-refractivity contribution in [3.8, 4) is 5.69 Å². The third-order valence-electron chi connectivity index (χ3n) is 6.61. The van der Waals surface area contributed by atoms with Gasteiger partial charge in [0.1, 0.15) is 5.82 Å². The summed E-state index contributed by atoms with van der Waals surface area (Å²) in [5.74, 6) is 3.28. The average molecular weight is 407 g/mol. The lowest BCUT2D eigenvalue weighted by atomic mass is 9.77. The zero-order valence-electron chi connectivity index (χ0n) is 17.1. The fourth-order valence-electron chi connectivity index (χ4n) is 5.15. The highest BCUT2D eigenvalue weighted by molar-refractivity contribution is 6.30. The molecule has 5 heteroatoms. The number of fused-ring (bicyclic) bond motifs is 3. The lowest BCUT2D eigenvalue weighted by molar-refractivity contribution is 0.315. The Labute approximate surface area is 177 Å². The third-order valence-corrected chi connectivity index (χ3v) is 6.84. The number of aryl methyl sites for hydroxylation is 1. The minimum absolute atomic E-state index is 0.462. The number of rotatable bonds is 2. The summed E-state index contributed by atoms with van der Waals surface area (Å²) in [4.78, 5) is 2.28. The van der Waals surface area contributed by atoms with E-state index in [1.807, 2.05) is 6.07 Å². The van der Waals surface area contributed by atoms with Crippen LogP contribution in [0.4, 0.5) is 0 Å². The Morgan fingerprint density at radius 3 is 2.48 bits per heavy atom. The Kier molecular flexibility index (Phi) is 4.92. The number of hydrogen-bond donors (Lipinski definition) is 0. The van der Waals surface area contributed by atoms with Gasteiger partial charge in [-0.1, -0.05) is 35.9 Å². The fourth-order valence-corrected chi connectivity index (χ4v) is 5.35. The average Bonchev–Trinajstić information content (AvgIpc) is 3.06. The first-order valence-corrected chi connectivity index (χ1v) is 10.9. The van der Waals surface area contributed by atoms with Gasteiger partial charge in [-0.3, -0.25) is 9.47 Å². The Morgan fingerprint density at radius 2 is 1.69 bits per heavy atom. The molecule has 0 atom stereocenters. The van der Waals surface area contributed by atoms with Crippen LogP contribution in [0.25, 0.3) is 5.69 Å². The summed E-state index contributed by atoms with van der Waals surface area (Å²) in [5.41, 5.74) is 5.37. The summed E-state index contributed by atoms with van der Waals surface area (Å²) in [6.07, 6.45) is 4.75. The van der Waals surface area contributed by atoms with E-state index in [-0.39, 0.29) is 0 Å². The van der Waals surface area contributed by atoms with Crippen LogP contribution in [0.5, 0.6) is 0 Å². The van der Waals surface area contributed by atoms with E-state index in [2.05, 4.69) is 70.0 Å². The molecule has 5 rings (SSSR count). The SMILES string of the molecule is Cc1ccccc1C1CCC(c2nnc3n2-c2ccc(Cl)cc2CN(C)C3)CC1. The summed E-state index contributed by atoms with van der Waals surface area (Å²) in [7, 11) is 2.13. The molecule has 0 bridgehead atoms. The van der Waals surface area contributed by atoms with Crippen LogP contribution in [0.3, 0.4) is 0 Å². The van der Waals surface area contributed by atoms with Crippen LogP contribution in [0.15, 0.2) is 42.5 Å². The molecule has 1 saturated carbocycles. The van der Waals surface area contributed by atoms with Gasteiger partial charge in [0.05, 0.1) is 12.2 Å². The van der Waals surface area contributed by atoms with Crippen LogP contribution in [-0.4, -0.2) is 26.7 Å². The van der Waals surface area contributed by atoms with Gasteiger partial charge in [0.15, 0.2) is 5.82 Å². The quantitative estimate of drug-likeness (QED) is 0.554. The predicted molar refractivity (Wildman–Crippen MR) is 117 cm³/mol. The van der Waals surface area contributed by atoms with Crippen LogP contribution >= 0.6 is 11.6 Å². The monoisotopic (exact) mass is 406 g/mol. The van der Waals surface area contributed by atoms with E-state index in [0.717, 1.165) is 42.6 Å². The highest BCUT2D eigenvalue weighted by atomic mass is 35.5. The smallest absolute Gasteiger partial charge is 0.151 e. The van der Waals surface area contributed by atoms with Gasteiger partial charge in [-0.2, -0.15) is 0 Å². The first-order valence-electron chi connectivity index (χ1n) is 10.6. The normalized spacial score (nSPS) is 22.0. The summed E-state index contributed by atoms with van der Waals surface area (Å²) in [6, 6.07) is 15.0. The Morgan fingerprint density at radius 1 is 0.931 bits per heavy atom. The van der Waals surface area contributed by atoms with Gasteiger partial charge in [-0.05, 0) is 80.5 Å². The standard InChI is InChI=1S/C24H27ClN4/c1-16-5-3-4-6-21(16)17-7-9-18(10-8-17)24-27-26-23-15-28(2)14-19-13-20(25)11-12-22(19)29(23)24/h3-6,11-13,17-18H,7-10,14-15H2,1-2H3. The second kappa shape index (κ2) is 7.58. The molecule has 3 aromatic rings. The highest BCUT2D eigenvalue weighted by Gasteiger charge is 2.30. The second-order valence-corrected chi connectivity index (χ2v) is 9.10. The van der Waals surface area contributed by atoms with Gasteiger partial charge in [0, 0.05) is 17.5 Å². The molecule has 1 aliphatic carbocycles. The molecule has 0 radical (unpaired) electrons. The van der Waals surface area contributed by atoms with Gasteiger partial charge in [0.25, 0.3) is 0 Å². The predicted octanol–water partition coefficient (Wildman–Crippen LogP) is 5.62. The molecule has 1 fully saturated rings. The molecule has 0 unspecified atom stereocenters. The van der Waals surface area contributed by atoms with Gasteiger partial charge < -0.3 is 0 Å². The Balaban J connectivity index is 1.45. The third kappa shape index (κ3) is 3.49. The van der Waals surface area contributed by atoms with Gasteiger partial charge in [0.2, 0.25) is 0 Å². The molecular formula is C24H27ClN4. The molecule has 0 spiro atoms. The highest BCUT2D eigenvalue weighted by Crippen LogP contribution is 2.42. The number of hydrogen-bond acceptors (Lipinski definition) is 3. The van der Waals surface area contributed by atoms with Crippen LogP contribution < -0.4 is 0 Å². The molecular weight excluding hydrogens is 380 g/mol. The number of aromatic nitrogens is 3. The maximum absolute atomic E-state index is 6.30. The van der Waals surface area contributed by atoms with E-state index in [0.29, 0.717) is 11.8 Å². The van der Waals surface area contributed by atoms with Crippen molar-refractivity contribution in [2.75, 3.05) is 7.05 Å². The van der Waals surface area contributed by atoms with Crippen LogP contribution in [0.2, 0.25) is 5.02 Å². The summed E-state index contributed by atoms with van der Waals surface area (Å²) in [6.45, 7) is 3.91. The molecule has 2 heterocycles. The molecule has 29 heavy (non-hydrogen) atoms. The molecule has 1 aromatic heterocycles. The van der Waals surface area contributed by atoms with Crippen molar-refractivity contribution in [3.05, 3.63) is 75.8 Å². The van der Waals surface area contributed by atoms with Gasteiger partial charge >= 0.3 is 0 Å². The minimum atomic E-state index is 0.462. The van der Waals surface area contributed by atoms with Crippen molar-refractivity contribution in [1.29, 1.82) is 0 Å². The summed E-state index contributed by atoms with van der Waals surface area (Å²) < 4.78 is 2.31. The lowest BCUT2D eigenvalue weighted by Crippen LogP contribution is -2.17. The first kappa shape index (κ1) is 18.8. The van der Waals surface area contributed by atoms with E-state index in [1.165, 1.54) is 35.2 Å². The van der Waals surface area contributed by atoms with Gasteiger partial charge in [-0.25, -0.2) is 0 Å². The second-order valence-electron chi connectivity index (χ2n) is 8.66. The molecule has 1 aliphatic heterocycles. The zero-order valence-corrected chi connectivity index (χ0v) is 17.9. The van der Waals surface area contributed by atoms with E-state index in [4.69, 9.17) is 11.6 Å². The van der Waals surface area contributed by atoms with Crippen molar-refractivity contribution in [2.45, 2.75) is 57.5 Å². The van der Waals surface area contributed by atoms with Crippen LogP contribution in [-0.2, 0) is 13.1 Å². The maximum atomic E-state index is 6.30. The van der Waals surface area contributed by atoms with Crippen LogP contribution in [0.1, 0.15) is 65.9 Å². The van der Waals surface area contributed by atoms with Crippen molar-refractivity contribution in [3.63, 3.8) is 0 Å². The van der Waals surface area contributed by atoms with E-state index < -0.39 is 0 Å². The van der Waals surface area contributed by atoms with E-state index >= 15 is 0 Å². The van der Waals surface area contributed by atoms with Crippen molar-refractivity contribution in [1.82, 2.24) is 19.7 Å². The summed E-state index contributed by atoms with van der Waals surface area (Å²) >= 11 is 6.30. The van der Waals surface area contributed by atoms with Crippen molar-refractivity contribution < 1.29 is 0 Å². The van der Waals surface area contributed by atoms with Crippen molar-refractivity contribution in [2.24, 2.45) is 0 Å². The molecule has 150 valence electrons. The van der Waals surface area contributed by atoms with E-state index in [1.54, 1.807) is 0 Å². The molecule has 0 saturated heterocycles. The minimum Gasteiger partial charge on any atom is -0.295 e. The molecule has 0 amide bonds. The largest absolute Gasteiger partial charge is 0.295 e. The zero-order chi connectivity index (χ0) is 20.0. The topological polar surface area (TPSA) is 34.0 Å². The van der Waals surface area contributed by atoms with Crippen LogP contribution in [0, 0.1) is 6.92 Å². The number of nitrogens with zero attached hydrogens (tertiary/aromatic N) is 4. The first-order chi connectivity index (χ1) is 14.1. The Bertz CT molecular complexity index is 1030. The molecule has 0 N–H and O–H groups in total. The number of halogens is 1. The lowest BCUT2D eigenvalue weighted by Gasteiger charge is -2.29. The molecule has 4 nitrogen and oxygen atoms in total. The molecule has 2 aromatic carbocycles. The molecule has 2 aliphatic rings. The van der Waals surface area contributed by atoms with Crippen molar-refractivity contribution >= 4 is 11.6 Å². The maximum Gasteiger partial charge on any atom is 0.151 e. The summed E-state index contributed by atoms with van der Waals surface area (Å²) in [5, 5.41) is 10.1. The fraction of sp³-hybridized carbons (Fsp3) is 0.417.